The monoisotopic (exact) mass is 341 g/mol. The highest BCUT2D eigenvalue weighted by Gasteiger charge is 2.38. The largest absolute Gasteiger partial charge is 0.492 e. The summed E-state index contributed by atoms with van der Waals surface area (Å²) in [4.78, 5) is 0. The summed E-state index contributed by atoms with van der Waals surface area (Å²) in [5.41, 5.74) is 7.27. The fourth-order valence-corrected chi connectivity index (χ4v) is 3.84. The van der Waals surface area contributed by atoms with Crippen LogP contribution in [0.15, 0.2) is 18.2 Å². The first kappa shape index (κ1) is 18.5. The van der Waals surface area contributed by atoms with Crippen molar-refractivity contribution in [3.8, 4) is 5.75 Å². The third-order valence-electron chi connectivity index (χ3n) is 5.04. The summed E-state index contributed by atoms with van der Waals surface area (Å²) in [7, 11) is 3.44. The highest BCUT2D eigenvalue weighted by molar-refractivity contribution is 6.32. The van der Waals surface area contributed by atoms with E-state index >= 15 is 0 Å². The van der Waals surface area contributed by atoms with Crippen LogP contribution in [0.4, 0.5) is 0 Å². The van der Waals surface area contributed by atoms with Crippen LogP contribution < -0.4 is 10.5 Å². The Morgan fingerprint density at radius 1 is 1.26 bits per heavy atom. The molecular formula is C18H28ClNO3. The summed E-state index contributed by atoms with van der Waals surface area (Å²) in [6, 6.07) is 6.03. The molecule has 2 N–H and O–H groups in total. The Bertz CT molecular complexity index is 495. The van der Waals surface area contributed by atoms with Crippen molar-refractivity contribution in [2.45, 2.75) is 44.3 Å². The molecule has 0 radical (unpaired) electrons. The van der Waals surface area contributed by atoms with E-state index in [-0.39, 0.29) is 0 Å². The van der Waals surface area contributed by atoms with Gasteiger partial charge >= 0.3 is 0 Å². The van der Waals surface area contributed by atoms with Gasteiger partial charge in [0.05, 0.1) is 11.6 Å². The molecule has 0 aliphatic heterocycles. The van der Waals surface area contributed by atoms with E-state index in [0.717, 1.165) is 31.4 Å². The molecule has 5 heteroatoms. The molecule has 1 fully saturated rings. The van der Waals surface area contributed by atoms with Crippen LogP contribution in [0.5, 0.6) is 5.75 Å². The van der Waals surface area contributed by atoms with Crippen molar-refractivity contribution in [1.29, 1.82) is 0 Å². The Morgan fingerprint density at radius 3 is 2.39 bits per heavy atom. The van der Waals surface area contributed by atoms with Gasteiger partial charge in [0, 0.05) is 27.1 Å². The number of rotatable bonds is 7. The van der Waals surface area contributed by atoms with Crippen molar-refractivity contribution in [3.63, 3.8) is 0 Å². The Morgan fingerprint density at radius 2 is 1.91 bits per heavy atom. The normalized spacial score (nSPS) is 19.5. The zero-order valence-corrected chi connectivity index (χ0v) is 15.1. The van der Waals surface area contributed by atoms with Crippen LogP contribution in [0.2, 0.25) is 5.02 Å². The van der Waals surface area contributed by atoms with E-state index in [1.165, 1.54) is 5.56 Å². The lowest BCUT2D eigenvalue weighted by atomic mass is 9.75. The summed E-state index contributed by atoms with van der Waals surface area (Å²) < 4.78 is 16.6. The first-order valence-electron chi connectivity index (χ1n) is 8.31. The minimum absolute atomic E-state index is 0.301. The maximum Gasteiger partial charge on any atom is 0.167 e. The van der Waals surface area contributed by atoms with Gasteiger partial charge in [-0.25, -0.2) is 0 Å². The molecule has 1 atom stereocenters. The first-order valence-corrected chi connectivity index (χ1v) is 8.69. The van der Waals surface area contributed by atoms with Gasteiger partial charge in [-0.15, -0.1) is 0 Å². The molecule has 4 nitrogen and oxygen atoms in total. The van der Waals surface area contributed by atoms with E-state index in [0.29, 0.717) is 30.0 Å². The van der Waals surface area contributed by atoms with Gasteiger partial charge in [-0.05, 0) is 55.8 Å². The lowest BCUT2D eigenvalue weighted by Crippen LogP contribution is -2.39. The molecule has 0 heterocycles. The van der Waals surface area contributed by atoms with Crippen LogP contribution in [-0.2, 0) is 9.47 Å². The summed E-state index contributed by atoms with van der Waals surface area (Å²) in [5, 5.41) is 0.654. The maximum atomic E-state index is 6.33. The van der Waals surface area contributed by atoms with Crippen molar-refractivity contribution < 1.29 is 14.2 Å². The second-order valence-electron chi connectivity index (χ2n) is 6.12. The van der Waals surface area contributed by atoms with E-state index in [9.17, 15) is 0 Å². The molecule has 23 heavy (non-hydrogen) atoms. The highest BCUT2D eigenvalue weighted by atomic mass is 35.5. The average molecular weight is 342 g/mol. The van der Waals surface area contributed by atoms with E-state index in [1.54, 1.807) is 14.2 Å². The van der Waals surface area contributed by atoms with Gasteiger partial charge in [-0.3, -0.25) is 0 Å². The molecule has 0 aromatic heterocycles. The van der Waals surface area contributed by atoms with Crippen molar-refractivity contribution in [2.75, 3.05) is 27.4 Å². The van der Waals surface area contributed by atoms with E-state index in [2.05, 4.69) is 6.07 Å². The molecule has 1 unspecified atom stereocenters. The van der Waals surface area contributed by atoms with Gasteiger partial charge < -0.3 is 19.9 Å². The molecule has 130 valence electrons. The summed E-state index contributed by atoms with van der Waals surface area (Å²) in [6.07, 6.45) is 3.86. The van der Waals surface area contributed by atoms with Crippen molar-refractivity contribution in [3.05, 3.63) is 28.8 Å². The smallest absolute Gasteiger partial charge is 0.167 e. The fraction of sp³-hybridized carbons (Fsp3) is 0.667. The first-order chi connectivity index (χ1) is 11.1. The van der Waals surface area contributed by atoms with E-state index in [1.807, 2.05) is 19.1 Å². The second kappa shape index (κ2) is 8.34. The highest BCUT2D eigenvalue weighted by Crippen LogP contribution is 2.42. The van der Waals surface area contributed by atoms with Gasteiger partial charge in [-0.2, -0.15) is 0 Å². The fourth-order valence-electron chi connectivity index (χ4n) is 3.59. The minimum Gasteiger partial charge on any atom is -0.492 e. The predicted molar refractivity (Wildman–Crippen MR) is 93.1 cm³/mol. The Labute approximate surface area is 144 Å². The van der Waals surface area contributed by atoms with Gasteiger partial charge in [0.15, 0.2) is 5.79 Å². The predicted octanol–water partition coefficient (Wildman–Crippen LogP) is 3.96. The number of halogens is 1. The Hall–Kier alpha value is -0.810. The van der Waals surface area contributed by atoms with Crippen LogP contribution >= 0.6 is 11.6 Å². The van der Waals surface area contributed by atoms with Crippen LogP contribution in [0.1, 0.15) is 44.1 Å². The number of benzene rings is 1. The molecule has 1 aromatic carbocycles. The zero-order valence-electron chi connectivity index (χ0n) is 14.3. The zero-order chi connectivity index (χ0) is 16.9. The molecule has 0 amide bonds. The minimum atomic E-state index is -0.424. The second-order valence-corrected chi connectivity index (χ2v) is 6.53. The van der Waals surface area contributed by atoms with E-state index in [4.69, 9.17) is 31.5 Å². The molecular weight excluding hydrogens is 314 g/mol. The van der Waals surface area contributed by atoms with Crippen molar-refractivity contribution in [1.82, 2.24) is 0 Å². The summed E-state index contributed by atoms with van der Waals surface area (Å²) in [5.74, 6) is 1.13. The third kappa shape index (κ3) is 4.18. The lowest BCUT2D eigenvalue weighted by molar-refractivity contribution is -0.228. The molecule has 1 saturated carbocycles. The van der Waals surface area contributed by atoms with Crippen molar-refractivity contribution >= 4 is 11.6 Å². The van der Waals surface area contributed by atoms with Crippen LogP contribution in [0.25, 0.3) is 0 Å². The molecule has 1 aliphatic carbocycles. The summed E-state index contributed by atoms with van der Waals surface area (Å²) in [6.45, 7) is 3.17. The average Bonchev–Trinajstić information content (AvgIpc) is 2.59. The van der Waals surface area contributed by atoms with E-state index < -0.39 is 5.79 Å². The topological polar surface area (TPSA) is 53.7 Å². The Balaban J connectivity index is 2.10. The van der Waals surface area contributed by atoms with Gasteiger partial charge in [0.1, 0.15) is 5.75 Å². The number of hydrogen-bond donors (Lipinski definition) is 1. The third-order valence-corrected chi connectivity index (χ3v) is 5.34. The standard InChI is InChI=1S/C18H28ClNO3/c1-4-23-17-6-5-14(11-16(17)19)15(12-20)13-7-9-18(21-2,22-3)10-8-13/h5-6,11,13,15H,4,7-10,12,20H2,1-3H3. The molecule has 1 aliphatic rings. The quantitative estimate of drug-likeness (QED) is 0.763. The molecule has 0 bridgehead atoms. The molecule has 2 rings (SSSR count). The molecule has 0 saturated heterocycles. The number of ether oxygens (including phenoxy) is 3. The van der Waals surface area contributed by atoms with Crippen LogP contribution in [-0.4, -0.2) is 33.2 Å². The SMILES string of the molecule is CCOc1ccc(C(CN)C2CCC(OC)(OC)CC2)cc1Cl. The lowest BCUT2D eigenvalue weighted by Gasteiger charge is -2.40. The van der Waals surface area contributed by atoms with Gasteiger partial charge in [0.25, 0.3) is 0 Å². The summed E-state index contributed by atoms with van der Waals surface area (Å²) >= 11 is 6.33. The number of methoxy groups -OCH3 is 2. The Kier molecular flexibility index (Phi) is 6.72. The van der Waals surface area contributed by atoms with Crippen LogP contribution in [0, 0.1) is 5.92 Å². The van der Waals surface area contributed by atoms with Crippen molar-refractivity contribution in [2.24, 2.45) is 11.7 Å². The molecule has 1 aromatic rings. The van der Waals surface area contributed by atoms with Gasteiger partial charge in [0.2, 0.25) is 0 Å². The number of nitrogens with two attached hydrogens (primary N) is 1. The number of hydrogen-bond acceptors (Lipinski definition) is 4. The maximum absolute atomic E-state index is 6.33. The van der Waals surface area contributed by atoms with Gasteiger partial charge in [-0.1, -0.05) is 17.7 Å². The van der Waals surface area contributed by atoms with Crippen LogP contribution in [0.3, 0.4) is 0 Å². The molecule has 0 spiro atoms.